The van der Waals surface area contributed by atoms with Crippen LogP contribution in [0.3, 0.4) is 0 Å². The Hall–Kier alpha value is -4.95. The van der Waals surface area contributed by atoms with E-state index < -0.39 is 34.3 Å². The van der Waals surface area contributed by atoms with Gasteiger partial charge in [-0.1, -0.05) is 89.1 Å². The average molecular weight is 797 g/mol. The first-order chi connectivity index (χ1) is 26.7. The number of ether oxygens (including phenoxy) is 2. The number of hydrogen-bond acceptors (Lipinski definition) is 7. The number of anilines is 1. The normalized spacial score (nSPS) is 19.9. The van der Waals surface area contributed by atoms with Crippen LogP contribution in [0.1, 0.15) is 93.4 Å². The fraction of sp³-hybridized carbons (Fsp3) is 0.400. The number of thiophene rings is 1. The minimum absolute atomic E-state index is 0.146. The summed E-state index contributed by atoms with van der Waals surface area (Å²) in [5.74, 6) is 0.682. The van der Waals surface area contributed by atoms with Gasteiger partial charge in [-0.15, -0.1) is 22.9 Å². The molecule has 6 rings (SSSR count). The summed E-state index contributed by atoms with van der Waals surface area (Å²) in [5, 5.41) is 31.7. The second-order valence-corrected chi connectivity index (χ2v) is 17.0. The second kappa shape index (κ2) is 16.3. The number of unbranched alkanes of at least 4 members (excludes halogenated alkanes) is 3. The highest BCUT2D eigenvalue weighted by Gasteiger charge is 2.65. The molecule has 290 valence electrons. The van der Waals surface area contributed by atoms with Crippen molar-refractivity contribution in [2.75, 3.05) is 30.5 Å². The number of halogens is 4. The zero-order valence-electron chi connectivity index (χ0n) is 32.0. The first kappa shape index (κ1) is 40.7. The topological polar surface area (TPSA) is 93.1 Å². The molecule has 0 spiro atoms. The molecule has 0 saturated heterocycles. The van der Waals surface area contributed by atoms with Crippen LogP contribution in [0.15, 0.2) is 88.5 Å². The monoisotopic (exact) mass is 796 g/mol. The summed E-state index contributed by atoms with van der Waals surface area (Å²) in [5.41, 5.74) is -0.646. The van der Waals surface area contributed by atoms with Crippen LogP contribution < -0.4 is 9.64 Å². The Balaban J connectivity index is 1.61. The maximum atomic E-state index is 15.6. The van der Waals surface area contributed by atoms with Crippen LogP contribution in [0.5, 0.6) is 5.75 Å². The third kappa shape index (κ3) is 7.48. The second-order valence-electron chi connectivity index (χ2n) is 15.7. The number of rotatable bonds is 12. The third-order valence-electron chi connectivity index (χ3n) is 11.1. The molecule has 0 aliphatic carbocycles. The summed E-state index contributed by atoms with van der Waals surface area (Å²) in [6, 6.07) is 18.0. The van der Waals surface area contributed by atoms with Crippen molar-refractivity contribution >= 4 is 40.3 Å². The molecule has 0 radical (unpaired) electrons. The molecule has 1 aromatic heterocycles. The number of benzene rings is 2. The first-order valence-corrected chi connectivity index (χ1v) is 20.3. The summed E-state index contributed by atoms with van der Waals surface area (Å²) in [7, 11) is 0. The van der Waals surface area contributed by atoms with Crippen LogP contribution in [-0.4, -0.2) is 31.8 Å². The van der Waals surface area contributed by atoms with E-state index in [4.69, 9.17) is 21.1 Å². The average Bonchev–Trinajstić information content (AvgIpc) is 3.82. The van der Waals surface area contributed by atoms with E-state index in [9.17, 15) is 15.8 Å². The molecule has 56 heavy (non-hydrogen) atoms. The van der Waals surface area contributed by atoms with Gasteiger partial charge in [0.1, 0.15) is 29.5 Å². The van der Waals surface area contributed by atoms with Gasteiger partial charge < -0.3 is 14.4 Å². The lowest BCUT2D eigenvalue weighted by atomic mass is 9.68. The predicted octanol–water partition coefficient (Wildman–Crippen LogP) is 11.8. The van der Waals surface area contributed by atoms with E-state index in [1.165, 1.54) is 52.9 Å². The molecular weight excluding hydrogens is 753 g/mol. The highest BCUT2D eigenvalue weighted by Crippen LogP contribution is 2.57. The van der Waals surface area contributed by atoms with Gasteiger partial charge in [-0.25, -0.2) is 0 Å². The fourth-order valence-corrected chi connectivity index (χ4v) is 8.89. The molecule has 3 aromatic rings. The summed E-state index contributed by atoms with van der Waals surface area (Å²) in [4.78, 5) is 3.25. The third-order valence-corrected chi connectivity index (χ3v) is 12.3. The van der Waals surface area contributed by atoms with Gasteiger partial charge in [0.2, 0.25) is 0 Å². The summed E-state index contributed by atoms with van der Waals surface area (Å²) in [6.45, 7) is 11.4. The van der Waals surface area contributed by atoms with E-state index in [2.05, 4.69) is 38.7 Å². The Bertz CT molecular complexity index is 2200. The SMILES string of the molecule is CC1(C)CCN2CCC(C)(C)c3c(OCCCCCCCl)c(/C=C(/C=C/C4=C(C#N)C(=C(C#N)C#N)OC4(c4ccccc4)C(F)(F)F)c4cccs4)cc1c32. The lowest BCUT2D eigenvalue weighted by Crippen LogP contribution is -2.45. The van der Waals surface area contributed by atoms with E-state index in [1.807, 2.05) is 29.7 Å². The lowest BCUT2D eigenvalue weighted by Gasteiger charge is -2.49. The van der Waals surface area contributed by atoms with E-state index in [0.29, 0.717) is 18.1 Å². The summed E-state index contributed by atoms with van der Waals surface area (Å²) >= 11 is 7.36. The number of hydrogen-bond donors (Lipinski definition) is 0. The number of nitrogens with zero attached hydrogens (tertiary/aromatic N) is 4. The minimum Gasteiger partial charge on any atom is -0.493 e. The largest absolute Gasteiger partial charge is 0.493 e. The van der Waals surface area contributed by atoms with Crippen molar-refractivity contribution in [3.05, 3.63) is 116 Å². The zero-order chi connectivity index (χ0) is 40.3. The summed E-state index contributed by atoms with van der Waals surface area (Å²) < 4.78 is 59.3. The highest BCUT2D eigenvalue weighted by molar-refractivity contribution is 7.11. The minimum atomic E-state index is -5.10. The quantitative estimate of drug-likeness (QED) is 0.0784. The maximum Gasteiger partial charge on any atom is 0.437 e. The van der Waals surface area contributed by atoms with Gasteiger partial charge in [-0.2, -0.15) is 29.0 Å². The Morgan fingerprint density at radius 1 is 0.964 bits per heavy atom. The van der Waals surface area contributed by atoms with E-state index in [0.717, 1.165) is 73.4 Å². The number of alkyl halides is 4. The molecule has 11 heteroatoms. The van der Waals surface area contributed by atoms with Crippen molar-refractivity contribution < 1.29 is 22.6 Å². The van der Waals surface area contributed by atoms with Crippen molar-refractivity contribution in [2.45, 2.75) is 88.8 Å². The molecule has 1 unspecified atom stereocenters. The van der Waals surface area contributed by atoms with Crippen LogP contribution in [0.4, 0.5) is 18.9 Å². The van der Waals surface area contributed by atoms with Crippen molar-refractivity contribution in [1.29, 1.82) is 15.8 Å². The molecule has 4 heterocycles. The molecule has 1 atom stereocenters. The van der Waals surface area contributed by atoms with Crippen LogP contribution in [0.25, 0.3) is 11.6 Å². The van der Waals surface area contributed by atoms with E-state index >= 15 is 13.2 Å². The molecule has 2 aromatic carbocycles. The van der Waals surface area contributed by atoms with Crippen LogP contribution >= 0.6 is 22.9 Å². The van der Waals surface area contributed by atoms with Gasteiger partial charge in [0.05, 0.1) is 6.61 Å². The first-order valence-electron chi connectivity index (χ1n) is 18.8. The number of allylic oxidation sites excluding steroid dienone is 4. The fourth-order valence-electron chi connectivity index (χ4n) is 7.98. The van der Waals surface area contributed by atoms with Crippen LogP contribution in [0.2, 0.25) is 0 Å². The van der Waals surface area contributed by atoms with Gasteiger partial charge >= 0.3 is 6.18 Å². The highest BCUT2D eigenvalue weighted by atomic mass is 35.5. The molecule has 6 nitrogen and oxygen atoms in total. The van der Waals surface area contributed by atoms with Crippen molar-refractivity contribution in [3.8, 4) is 24.0 Å². The Kier molecular flexibility index (Phi) is 11.8. The molecule has 3 aliphatic heterocycles. The van der Waals surface area contributed by atoms with E-state index in [1.54, 1.807) is 24.3 Å². The molecule has 0 amide bonds. The maximum absolute atomic E-state index is 15.6. The Morgan fingerprint density at radius 2 is 1.66 bits per heavy atom. The molecular formula is C45H44ClF3N4O2S. The van der Waals surface area contributed by atoms with Crippen LogP contribution in [0, 0.1) is 34.0 Å². The zero-order valence-corrected chi connectivity index (χ0v) is 33.6. The summed E-state index contributed by atoms with van der Waals surface area (Å²) in [6.07, 6.45) is 5.34. The molecule has 0 N–H and O–H groups in total. The number of nitriles is 3. The molecule has 3 aliphatic rings. The van der Waals surface area contributed by atoms with Crippen LogP contribution in [-0.2, 0) is 21.2 Å². The standard InChI is InChI=1S/C45H44ClF3N4O2S/c1-42(2)18-21-53-22-19-43(3,4)38-39(53)36(42)26-31(41(38)54-23-11-6-5-10-20-46)25-30(37-15-12-24-56-37)16-17-35-34(29-52)40(32(27-50)28-51)55-44(35,45(47,48)49)33-13-8-7-9-14-33/h7-9,12-17,24-26H,5-6,10-11,18-23H2,1-4H3/b17-16+,30-25-. The van der Waals surface area contributed by atoms with Crippen molar-refractivity contribution in [1.82, 2.24) is 0 Å². The molecule has 0 bridgehead atoms. The Morgan fingerprint density at radius 3 is 2.29 bits per heavy atom. The Labute approximate surface area is 336 Å². The van der Waals surface area contributed by atoms with Crippen molar-refractivity contribution in [3.63, 3.8) is 0 Å². The van der Waals surface area contributed by atoms with Gasteiger partial charge in [-0.05, 0) is 71.2 Å². The smallest absolute Gasteiger partial charge is 0.437 e. The van der Waals surface area contributed by atoms with Crippen molar-refractivity contribution in [2.24, 2.45) is 0 Å². The van der Waals surface area contributed by atoms with E-state index in [-0.39, 0.29) is 16.4 Å². The van der Waals surface area contributed by atoms with Gasteiger partial charge in [0, 0.05) is 51.8 Å². The van der Waals surface area contributed by atoms with Gasteiger partial charge in [-0.3, -0.25) is 0 Å². The lowest BCUT2D eigenvalue weighted by molar-refractivity contribution is -0.249. The predicted molar refractivity (Wildman–Crippen MR) is 216 cm³/mol. The molecule has 0 saturated carbocycles. The molecule has 0 fully saturated rings. The van der Waals surface area contributed by atoms with Gasteiger partial charge in [0.25, 0.3) is 5.60 Å². The van der Waals surface area contributed by atoms with Gasteiger partial charge in [0.15, 0.2) is 11.3 Å².